The average Bonchev–Trinajstić information content (AvgIpc) is 2.93. The zero-order valence-electron chi connectivity index (χ0n) is 11.1. The van der Waals surface area contributed by atoms with Gasteiger partial charge in [0.2, 0.25) is 5.91 Å². The number of likely N-dealkylation sites (N-methyl/N-ethyl adjacent to an activating group) is 1. The molecule has 0 bridgehead atoms. The van der Waals surface area contributed by atoms with E-state index < -0.39 is 4.92 Å². The summed E-state index contributed by atoms with van der Waals surface area (Å²) in [4.78, 5) is 24.2. The second-order valence-electron chi connectivity index (χ2n) is 4.86. The molecule has 108 valence electrons. The van der Waals surface area contributed by atoms with E-state index in [2.05, 4.69) is 21.2 Å². The fourth-order valence-electron chi connectivity index (χ4n) is 2.25. The molecule has 7 heteroatoms. The van der Waals surface area contributed by atoms with Crippen LogP contribution < -0.4 is 5.32 Å². The van der Waals surface area contributed by atoms with Gasteiger partial charge in [0.15, 0.2) is 0 Å². The summed E-state index contributed by atoms with van der Waals surface area (Å²) in [6, 6.07) is 4.71. The minimum Gasteiger partial charge on any atom is -0.341 e. The summed E-state index contributed by atoms with van der Waals surface area (Å²) in [7, 11) is 1.80. The summed E-state index contributed by atoms with van der Waals surface area (Å²) in [6.07, 6.45) is 1.20. The van der Waals surface area contributed by atoms with Crippen molar-refractivity contribution in [3.63, 3.8) is 0 Å². The molecular formula is C13H16BrN3O3. The van der Waals surface area contributed by atoms with Crippen molar-refractivity contribution in [1.82, 2.24) is 10.2 Å². The first-order chi connectivity index (χ1) is 9.49. The lowest BCUT2D eigenvalue weighted by molar-refractivity contribution is -0.384. The summed E-state index contributed by atoms with van der Waals surface area (Å²) in [6.45, 7) is 1.76. The highest BCUT2D eigenvalue weighted by Crippen LogP contribution is 2.24. The second kappa shape index (κ2) is 6.32. The van der Waals surface area contributed by atoms with E-state index in [0.29, 0.717) is 4.47 Å². The largest absolute Gasteiger partial charge is 0.341 e. The Morgan fingerprint density at radius 3 is 2.90 bits per heavy atom. The minimum absolute atomic E-state index is 0.0152. The number of amides is 1. The number of nitro groups is 1. The quantitative estimate of drug-likeness (QED) is 0.668. The fraction of sp³-hybridized carbons (Fsp3) is 0.462. The molecule has 0 aromatic heterocycles. The van der Waals surface area contributed by atoms with Crippen LogP contribution in [0.15, 0.2) is 22.7 Å². The van der Waals surface area contributed by atoms with E-state index in [0.717, 1.165) is 25.1 Å². The highest BCUT2D eigenvalue weighted by molar-refractivity contribution is 9.10. The van der Waals surface area contributed by atoms with Crippen LogP contribution in [0.25, 0.3) is 0 Å². The lowest BCUT2D eigenvalue weighted by atomic mass is 10.1. The monoisotopic (exact) mass is 341 g/mol. The molecule has 2 rings (SSSR count). The molecule has 1 aromatic rings. The SMILES string of the molecule is CN(C(=O)Cc1ccc([N+](=O)[O-])cc1Br)C1CCNC1. The molecule has 1 saturated heterocycles. The summed E-state index contributed by atoms with van der Waals surface area (Å²) < 4.78 is 0.595. The van der Waals surface area contributed by atoms with E-state index >= 15 is 0 Å². The molecule has 0 spiro atoms. The number of halogens is 1. The highest BCUT2D eigenvalue weighted by Gasteiger charge is 2.23. The van der Waals surface area contributed by atoms with Crippen molar-refractivity contribution >= 4 is 27.5 Å². The van der Waals surface area contributed by atoms with Gasteiger partial charge in [-0.2, -0.15) is 0 Å². The molecule has 0 saturated carbocycles. The van der Waals surface area contributed by atoms with E-state index in [9.17, 15) is 14.9 Å². The molecule has 0 aliphatic carbocycles. The van der Waals surface area contributed by atoms with Gasteiger partial charge in [-0.1, -0.05) is 22.0 Å². The molecule has 20 heavy (non-hydrogen) atoms. The number of nitro benzene ring substituents is 1. The molecule has 1 unspecified atom stereocenters. The smallest absolute Gasteiger partial charge is 0.270 e. The maximum Gasteiger partial charge on any atom is 0.270 e. The topological polar surface area (TPSA) is 75.5 Å². The van der Waals surface area contributed by atoms with Gasteiger partial charge >= 0.3 is 0 Å². The van der Waals surface area contributed by atoms with Gasteiger partial charge in [0.1, 0.15) is 0 Å². The van der Waals surface area contributed by atoms with Gasteiger partial charge in [0.05, 0.1) is 11.3 Å². The van der Waals surface area contributed by atoms with Gasteiger partial charge in [-0.3, -0.25) is 14.9 Å². The van der Waals surface area contributed by atoms with Crippen molar-refractivity contribution in [3.8, 4) is 0 Å². The number of benzene rings is 1. The molecule has 1 aliphatic rings. The first kappa shape index (κ1) is 14.9. The van der Waals surface area contributed by atoms with Crippen molar-refractivity contribution in [3.05, 3.63) is 38.3 Å². The lowest BCUT2D eigenvalue weighted by Gasteiger charge is -2.24. The Labute approximate surface area is 125 Å². The lowest BCUT2D eigenvalue weighted by Crippen LogP contribution is -2.39. The number of carbonyl (C=O) groups excluding carboxylic acids is 1. The summed E-state index contributed by atoms with van der Waals surface area (Å²) >= 11 is 3.29. The summed E-state index contributed by atoms with van der Waals surface area (Å²) in [5.74, 6) is 0.0215. The molecule has 1 N–H and O–H groups in total. The van der Waals surface area contributed by atoms with Crippen molar-refractivity contribution in [2.24, 2.45) is 0 Å². The van der Waals surface area contributed by atoms with Crippen LogP contribution in [-0.2, 0) is 11.2 Å². The number of nitrogens with one attached hydrogen (secondary N) is 1. The van der Waals surface area contributed by atoms with Crippen molar-refractivity contribution in [2.75, 3.05) is 20.1 Å². The van der Waals surface area contributed by atoms with Crippen LogP contribution in [0.3, 0.4) is 0 Å². The van der Waals surface area contributed by atoms with E-state index in [-0.39, 0.29) is 24.1 Å². The van der Waals surface area contributed by atoms with Gasteiger partial charge in [0, 0.05) is 36.2 Å². The zero-order chi connectivity index (χ0) is 14.7. The van der Waals surface area contributed by atoms with Gasteiger partial charge in [0.25, 0.3) is 5.69 Å². The van der Waals surface area contributed by atoms with Crippen LogP contribution in [0.2, 0.25) is 0 Å². The van der Waals surface area contributed by atoms with Crippen molar-refractivity contribution < 1.29 is 9.72 Å². The van der Waals surface area contributed by atoms with E-state index in [1.165, 1.54) is 12.1 Å². The first-order valence-corrected chi connectivity index (χ1v) is 7.17. The Bertz CT molecular complexity index is 530. The molecule has 0 radical (unpaired) electrons. The van der Waals surface area contributed by atoms with E-state index in [1.54, 1.807) is 18.0 Å². The third kappa shape index (κ3) is 3.34. The number of nitrogens with zero attached hydrogens (tertiary/aromatic N) is 2. The van der Waals surface area contributed by atoms with Crippen LogP contribution in [0.1, 0.15) is 12.0 Å². The van der Waals surface area contributed by atoms with Crippen LogP contribution >= 0.6 is 15.9 Å². The number of non-ortho nitro benzene ring substituents is 1. The van der Waals surface area contributed by atoms with Gasteiger partial charge in [-0.05, 0) is 18.5 Å². The highest BCUT2D eigenvalue weighted by atomic mass is 79.9. The summed E-state index contributed by atoms with van der Waals surface area (Å²) in [5, 5.41) is 13.9. The van der Waals surface area contributed by atoms with Gasteiger partial charge < -0.3 is 10.2 Å². The Kier molecular flexibility index (Phi) is 4.72. The Hall–Kier alpha value is -1.47. The van der Waals surface area contributed by atoms with Crippen LogP contribution in [0.4, 0.5) is 5.69 Å². The third-order valence-electron chi connectivity index (χ3n) is 3.56. The standard InChI is InChI=1S/C13H16BrN3O3/c1-16(11-4-5-15-8-11)13(18)6-9-2-3-10(17(19)20)7-12(9)14/h2-3,7,11,15H,4-6,8H2,1H3. The predicted octanol–water partition coefficient (Wildman–Crippen LogP) is 1.72. The Morgan fingerprint density at radius 1 is 1.60 bits per heavy atom. The molecule has 1 atom stereocenters. The third-order valence-corrected chi connectivity index (χ3v) is 4.30. The number of hydrogen-bond donors (Lipinski definition) is 1. The maximum atomic E-state index is 12.2. The van der Waals surface area contributed by atoms with Gasteiger partial charge in [-0.25, -0.2) is 0 Å². The van der Waals surface area contributed by atoms with E-state index in [4.69, 9.17) is 0 Å². The molecule has 1 fully saturated rings. The van der Waals surface area contributed by atoms with E-state index in [1.807, 2.05) is 0 Å². The average molecular weight is 342 g/mol. The fourth-order valence-corrected chi connectivity index (χ4v) is 2.76. The van der Waals surface area contributed by atoms with Crippen LogP contribution in [0, 0.1) is 10.1 Å². The van der Waals surface area contributed by atoms with Crippen molar-refractivity contribution in [2.45, 2.75) is 18.9 Å². The first-order valence-electron chi connectivity index (χ1n) is 6.38. The maximum absolute atomic E-state index is 12.2. The molecule has 1 aliphatic heterocycles. The van der Waals surface area contributed by atoms with Crippen LogP contribution in [-0.4, -0.2) is 41.9 Å². The van der Waals surface area contributed by atoms with Crippen molar-refractivity contribution in [1.29, 1.82) is 0 Å². The molecule has 6 nitrogen and oxygen atoms in total. The number of hydrogen-bond acceptors (Lipinski definition) is 4. The zero-order valence-corrected chi connectivity index (χ0v) is 12.7. The number of rotatable bonds is 4. The summed E-state index contributed by atoms with van der Waals surface area (Å²) in [5.41, 5.74) is 0.778. The second-order valence-corrected chi connectivity index (χ2v) is 5.72. The number of carbonyl (C=O) groups is 1. The molecule has 1 aromatic carbocycles. The Balaban J connectivity index is 2.05. The molecule has 1 heterocycles. The van der Waals surface area contributed by atoms with Gasteiger partial charge in [-0.15, -0.1) is 0 Å². The predicted molar refractivity (Wildman–Crippen MR) is 78.5 cm³/mol. The minimum atomic E-state index is -0.452. The molecular weight excluding hydrogens is 326 g/mol. The van der Waals surface area contributed by atoms with Crippen LogP contribution in [0.5, 0.6) is 0 Å². The Morgan fingerprint density at radius 2 is 2.35 bits per heavy atom. The molecule has 1 amide bonds. The normalized spacial score (nSPS) is 18.0.